The van der Waals surface area contributed by atoms with E-state index < -0.39 is 5.60 Å². The largest absolute Gasteiger partial charge is 0.494 e. The summed E-state index contributed by atoms with van der Waals surface area (Å²) in [7, 11) is 0. The highest BCUT2D eigenvalue weighted by molar-refractivity contribution is 5.72. The van der Waals surface area contributed by atoms with Crippen molar-refractivity contribution >= 4 is 5.91 Å². The Hall–Kier alpha value is -2.57. The van der Waals surface area contributed by atoms with Crippen LogP contribution in [-0.4, -0.2) is 54.4 Å². The predicted molar refractivity (Wildman–Crippen MR) is 117 cm³/mol. The molecule has 0 bridgehead atoms. The van der Waals surface area contributed by atoms with Crippen LogP contribution in [0.5, 0.6) is 11.5 Å². The fourth-order valence-corrected chi connectivity index (χ4v) is 3.67. The molecule has 1 heterocycles. The van der Waals surface area contributed by atoms with Crippen LogP contribution in [0.2, 0.25) is 0 Å². The van der Waals surface area contributed by atoms with Crippen LogP contribution in [0.1, 0.15) is 31.7 Å². The van der Waals surface area contributed by atoms with Crippen molar-refractivity contribution in [1.29, 1.82) is 0 Å². The number of hydrogen-bond acceptors (Lipinski definition) is 5. The molecule has 1 fully saturated rings. The topological polar surface area (TPSA) is 71.0 Å². The fraction of sp³-hybridized carbons (Fsp3) is 0.458. The molecular formula is C24H32N2O4. The first-order valence-electron chi connectivity index (χ1n) is 10.6. The molecule has 2 aromatic carbocycles. The average Bonchev–Trinajstić information content (AvgIpc) is 2.74. The van der Waals surface area contributed by atoms with Gasteiger partial charge in [-0.25, -0.2) is 0 Å². The van der Waals surface area contributed by atoms with Gasteiger partial charge < -0.3 is 19.9 Å². The van der Waals surface area contributed by atoms with Gasteiger partial charge in [-0.1, -0.05) is 30.3 Å². The van der Waals surface area contributed by atoms with Crippen molar-refractivity contribution in [3.63, 3.8) is 0 Å². The van der Waals surface area contributed by atoms with Crippen molar-refractivity contribution in [2.75, 3.05) is 32.8 Å². The van der Waals surface area contributed by atoms with Crippen LogP contribution in [0.3, 0.4) is 0 Å². The van der Waals surface area contributed by atoms with E-state index in [1.807, 2.05) is 42.5 Å². The van der Waals surface area contributed by atoms with Crippen molar-refractivity contribution in [3.8, 4) is 11.5 Å². The van der Waals surface area contributed by atoms with Gasteiger partial charge in [-0.3, -0.25) is 9.69 Å². The average molecular weight is 413 g/mol. The molecule has 1 saturated heterocycles. The third-order valence-electron chi connectivity index (χ3n) is 5.18. The Morgan fingerprint density at radius 1 is 1.10 bits per heavy atom. The van der Waals surface area contributed by atoms with E-state index in [0.29, 0.717) is 26.3 Å². The first kappa shape index (κ1) is 22.1. The number of ether oxygens (including phenoxy) is 2. The Morgan fingerprint density at radius 3 is 2.57 bits per heavy atom. The number of carbonyl (C=O) groups is 1. The number of hydrogen-bond donors (Lipinski definition) is 2. The lowest BCUT2D eigenvalue weighted by Gasteiger charge is -2.39. The zero-order valence-electron chi connectivity index (χ0n) is 17.7. The highest BCUT2D eigenvalue weighted by Crippen LogP contribution is 2.24. The standard InChI is InChI=1S/C24H32N2O4/c1-20(27)25-14-6-16-29-23-11-9-21(10-12-23)17-26-15-5-13-24(28,18-26)19-30-22-7-3-2-4-8-22/h2-4,7-12,28H,5-6,13-19H2,1H3,(H,25,27)/t24-/m0/s1. The molecule has 6 heteroatoms. The molecule has 0 unspecified atom stereocenters. The number of para-hydroxylation sites is 1. The van der Waals surface area contributed by atoms with Gasteiger partial charge in [-0.15, -0.1) is 0 Å². The molecule has 1 atom stereocenters. The second-order valence-electron chi connectivity index (χ2n) is 7.97. The third kappa shape index (κ3) is 7.35. The van der Waals surface area contributed by atoms with Crippen LogP contribution in [-0.2, 0) is 11.3 Å². The van der Waals surface area contributed by atoms with Crippen LogP contribution in [0, 0.1) is 0 Å². The van der Waals surface area contributed by atoms with E-state index in [1.54, 1.807) is 0 Å². The van der Waals surface area contributed by atoms with Gasteiger partial charge in [0.1, 0.15) is 23.7 Å². The minimum Gasteiger partial charge on any atom is -0.494 e. The summed E-state index contributed by atoms with van der Waals surface area (Å²) < 4.78 is 11.5. The number of amides is 1. The molecule has 1 amide bonds. The van der Waals surface area contributed by atoms with Crippen molar-refractivity contribution in [2.45, 2.75) is 38.3 Å². The summed E-state index contributed by atoms with van der Waals surface area (Å²) in [5.74, 6) is 1.60. The molecule has 6 nitrogen and oxygen atoms in total. The highest BCUT2D eigenvalue weighted by Gasteiger charge is 2.34. The zero-order chi connectivity index (χ0) is 21.2. The molecule has 0 radical (unpaired) electrons. The molecule has 2 aromatic rings. The number of rotatable bonds is 10. The molecule has 3 rings (SSSR count). The smallest absolute Gasteiger partial charge is 0.216 e. The summed E-state index contributed by atoms with van der Waals surface area (Å²) in [5.41, 5.74) is 0.360. The Labute approximate surface area is 178 Å². The second-order valence-corrected chi connectivity index (χ2v) is 7.97. The predicted octanol–water partition coefficient (Wildman–Crippen LogP) is 3.00. The Balaban J connectivity index is 1.43. The number of likely N-dealkylation sites (tertiary alicyclic amines) is 1. The summed E-state index contributed by atoms with van der Waals surface area (Å²) >= 11 is 0. The highest BCUT2D eigenvalue weighted by atomic mass is 16.5. The van der Waals surface area contributed by atoms with Crippen LogP contribution in [0.25, 0.3) is 0 Å². The van der Waals surface area contributed by atoms with E-state index in [2.05, 4.69) is 22.3 Å². The Morgan fingerprint density at radius 2 is 1.83 bits per heavy atom. The van der Waals surface area contributed by atoms with Crippen LogP contribution >= 0.6 is 0 Å². The molecule has 2 N–H and O–H groups in total. The Bertz CT molecular complexity index is 782. The minimum atomic E-state index is -0.828. The number of piperidine rings is 1. The molecular weight excluding hydrogens is 380 g/mol. The molecule has 0 aliphatic carbocycles. The van der Waals surface area contributed by atoms with Gasteiger partial charge >= 0.3 is 0 Å². The normalized spacial score (nSPS) is 19.3. The van der Waals surface area contributed by atoms with E-state index >= 15 is 0 Å². The summed E-state index contributed by atoms with van der Waals surface area (Å²) in [6.45, 7) is 5.37. The van der Waals surface area contributed by atoms with Gasteiger partial charge in [0.2, 0.25) is 5.91 Å². The molecule has 0 aromatic heterocycles. The number of β-amino-alcohol motifs (C(OH)–C–C–N with tert-alkyl or cyclic N) is 1. The summed E-state index contributed by atoms with van der Waals surface area (Å²) in [6.07, 6.45) is 2.48. The van der Waals surface area contributed by atoms with E-state index in [9.17, 15) is 9.90 Å². The van der Waals surface area contributed by atoms with Crippen molar-refractivity contribution in [1.82, 2.24) is 10.2 Å². The zero-order valence-corrected chi connectivity index (χ0v) is 17.7. The van der Waals surface area contributed by atoms with Crippen molar-refractivity contribution in [3.05, 3.63) is 60.2 Å². The molecule has 0 saturated carbocycles. The van der Waals surface area contributed by atoms with Gasteiger partial charge in [0.25, 0.3) is 0 Å². The maximum Gasteiger partial charge on any atom is 0.216 e. The van der Waals surface area contributed by atoms with E-state index in [4.69, 9.17) is 9.47 Å². The second kappa shape index (κ2) is 11.0. The fourth-order valence-electron chi connectivity index (χ4n) is 3.67. The van der Waals surface area contributed by atoms with Gasteiger partial charge in [-0.05, 0) is 55.6 Å². The molecule has 1 aliphatic heterocycles. The maximum absolute atomic E-state index is 11.0. The van der Waals surface area contributed by atoms with Crippen molar-refractivity contribution < 1.29 is 19.4 Å². The monoisotopic (exact) mass is 412 g/mol. The number of nitrogens with one attached hydrogen (secondary N) is 1. The maximum atomic E-state index is 11.0. The number of carbonyl (C=O) groups excluding carboxylic acids is 1. The molecule has 1 aliphatic rings. The lowest BCUT2D eigenvalue weighted by molar-refractivity contribution is -0.118. The van der Waals surface area contributed by atoms with Gasteiger partial charge in [0.15, 0.2) is 0 Å². The summed E-state index contributed by atoms with van der Waals surface area (Å²) in [6, 6.07) is 17.7. The number of nitrogens with zero attached hydrogens (tertiary/aromatic N) is 1. The van der Waals surface area contributed by atoms with Gasteiger partial charge in [-0.2, -0.15) is 0 Å². The molecule has 30 heavy (non-hydrogen) atoms. The summed E-state index contributed by atoms with van der Waals surface area (Å²) in [4.78, 5) is 13.1. The van der Waals surface area contributed by atoms with Crippen LogP contribution < -0.4 is 14.8 Å². The SMILES string of the molecule is CC(=O)NCCCOc1ccc(CN2CCC[C@@](O)(COc3ccccc3)C2)cc1. The van der Waals surface area contributed by atoms with Crippen molar-refractivity contribution in [2.24, 2.45) is 0 Å². The van der Waals surface area contributed by atoms with Crippen LogP contribution in [0.15, 0.2) is 54.6 Å². The van der Waals surface area contributed by atoms with E-state index in [0.717, 1.165) is 43.9 Å². The summed E-state index contributed by atoms with van der Waals surface area (Å²) in [5, 5.41) is 13.7. The first-order chi connectivity index (χ1) is 14.5. The lowest BCUT2D eigenvalue weighted by atomic mass is 9.93. The number of aliphatic hydroxyl groups is 1. The quantitative estimate of drug-likeness (QED) is 0.587. The minimum absolute atomic E-state index is 0.0180. The van der Waals surface area contributed by atoms with E-state index in [-0.39, 0.29) is 5.91 Å². The van der Waals surface area contributed by atoms with Gasteiger partial charge in [0.05, 0.1) is 6.61 Å². The van der Waals surface area contributed by atoms with Gasteiger partial charge in [0, 0.05) is 26.6 Å². The molecule has 0 spiro atoms. The Kier molecular flexibility index (Phi) is 8.11. The van der Waals surface area contributed by atoms with E-state index in [1.165, 1.54) is 12.5 Å². The first-order valence-corrected chi connectivity index (χ1v) is 10.6. The lowest BCUT2D eigenvalue weighted by Crippen LogP contribution is -2.51. The number of benzene rings is 2. The third-order valence-corrected chi connectivity index (χ3v) is 5.18. The molecule has 162 valence electrons. The van der Waals surface area contributed by atoms with Crippen LogP contribution in [0.4, 0.5) is 0 Å².